The van der Waals surface area contributed by atoms with E-state index in [2.05, 4.69) is 5.10 Å². The Morgan fingerprint density at radius 1 is 1.53 bits per heavy atom. The molecule has 17 heavy (non-hydrogen) atoms. The van der Waals surface area contributed by atoms with Crippen molar-refractivity contribution < 1.29 is 14.6 Å². The highest BCUT2D eigenvalue weighted by molar-refractivity contribution is 5.73. The quantitative estimate of drug-likeness (QED) is 0.741. The normalized spacial score (nSPS) is 11.5. The van der Waals surface area contributed by atoms with Crippen molar-refractivity contribution in [3.63, 3.8) is 0 Å². The van der Waals surface area contributed by atoms with Gasteiger partial charge in [-0.15, -0.1) is 0 Å². The molecule has 0 fully saturated rings. The molecule has 96 valence electrons. The molecule has 0 aliphatic carbocycles. The second-order valence-corrected chi connectivity index (χ2v) is 4.84. The van der Waals surface area contributed by atoms with Gasteiger partial charge in [-0.3, -0.25) is 9.48 Å². The Labute approximate surface area is 101 Å². The Bertz CT molecular complexity index is 372. The van der Waals surface area contributed by atoms with Gasteiger partial charge in [-0.25, -0.2) is 0 Å². The van der Waals surface area contributed by atoms with Crippen LogP contribution in [0, 0.1) is 5.41 Å². The molecule has 0 bridgehead atoms. The summed E-state index contributed by atoms with van der Waals surface area (Å²) in [6, 6.07) is 0. The number of ether oxygens (including phenoxy) is 1. The van der Waals surface area contributed by atoms with Crippen LogP contribution < -0.4 is 4.74 Å². The number of aliphatic carboxylic acids is 1. The van der Waals surface area contributed by atoms with Crippen molar-refractivity contribution in [2.45, 2.75) is 33.1 Å². The van der Waals surface area contributed by atoms with Gasteiger partial charge >= 0.3 is 5.97 Å². The molecular formula is C12H20N2O3. The number of carboxylic acids is 1. The topological polar surface area (TPSA) is 64.3 Å². The van der Waals surface area contributed by atoms with Gasteiger partial charge in [0.2, 0.25) is 0 Å². The molecule has 0 atom stereocenters. The van der Waals surface area contributed by atoms with Crippen LogP contribution in [0.15, 0.2) is 12.4 Å². The molecule has 1 N–H and O–H groups in total. The molecule has 0 aliphatic heterocycles. The molecule has 0 spiro atoms. The van der Waals surface area contributed by atoms with E-state index >= 15 is 0 Å². The van der Waals surface area contributed by atoms with Crippen LogP contribution in [-0.2, 0) is 11.8 Å². The third-order valence-corrected chi connectivity index (χ3v) is 2.72. The summed E-state index contributed by atoms with van der Waals surface area (Å²) < 4.78 is 7.15. The summed E-state index contributed by atoms with van der Waals surface area (Å²) in [4.78, 5) is 10.9. The van der Waals surface area contributed by atoms with Crippen molar-refractivity contribution in [2.75, 3.05) is 6.61 Å². The molecule has 0 radical (unpaired) electrons. The molecule has 0 saturated heterocycles. The molecule has 1 rings (SSSR count). The van der Waals surface area contributed by atoms with Gasteiger partial charge in [-0.2, -0.15) is 5.10 Å². The maximum atomic E-state index is 10.9. The predicted molar refractivity (Wildman–Crippen MR) is 64.0 cm³/mol. The number of carboxylic acid groups (broad SMARTS) is 1. The first-order valence-corrected chi connectivity index (χ1v) is 5.77. The Morgan fingerprint density at radius 2 is 2.24 bits per heavy atom. The molecular weight excluding hydrogens is 220 g/mol. The largest absolute Gasteiger partial charge is 0.490 e. The van der Waals surface area contributed by atoms with Crippen molar-refractivity contribution >= 4 is 5.97 Å². The first-order chi connectivity index (χ1) is 7.92. The molecule has 1 aromatic rings. The lowest BCUT2D eigenvalue weighted by Crippen LogP contribution is -2.23. The zero-order valence-electron chi connectivity index (χ0n) is 10.6. The summed E-state index contributed by atoms with van der Waals surface area (Å²) in [6.45, 7) is 4.09. The van der Waals surface area contributed by atoms with Crippen LogP contribution in [-0.4, -0.2) is 27.5 Å². The van der Waals surface area contributed by atoms with Crippen LogP contribution in [0.1, 0.15) is 33.1 Å². The monoisotopic (exact) mass is 240 g/mol. The number of hydrogen-bond acceptors (Lipinski definition) is 3. The van der Waals surface area contributed by atoms with E-state index in [0.29, 0.717) is 13.0 Å². The fraction of sp³-hybridized carbons (Fsp3) is 0.667. The summed E-state index contributed by atoms with van der Waals surface area (Å²) in [5.41, 5.74) is -0.645. The number of hydrogen-bond donors (Lipinski definition) is 1. The third kappa shape index (κ3) is 4.46. The summed E-state index contributed by atoms with van der Waals surface area (Å²) >= 11 is 0. The maximum absolute atomic E-state index is 10.9. The number of aryl methyl sites for hydroxylation is 1. The molecule has 0 saturated carbocycles. The summed E-state index contributed by atoms with van der Waals surface area (Å²) in [6.07, 6.45) is 5.84. The fourth-order valence-corrected chi connectivity index (χ4v) is 1.44. The lowest BCUT2D eigenvalue weighted by molar-refractivity contribution is -0.147. The first-order valence-electron chi connectivity index (χ1n) is 5.77. The summed E-state index contributed by atoms with van der Waals surface area (Å²) in [7, 11) is 1.84. The SMILES string of the molecule is Cn1cc(OCCCCC(C)(C)C(=O)O)cn1. The Kier molecular flexibility index (Phi) is 4.54. The van der Waals surface area contributed by atoms with Gasteiger partial charge in [0.15, 0.2) is 5.75 Å². The second-order valence-electron chi connectivity index (χ2n) is 4.84. The Balaban J connectivity index is 2.15. The van der Waals surface area contributed by atoms with Crippen LogP contribution in [0.4, 0.5) is 0 Å². The smallest absolute Gasteiger partial charge is 0.309 e. The molecule has 5 nitrogen and oxygen atoms in total. The van der Waals surface area contributed by atoms with Gasteiger partial charge in [0.05, 0.1) is 24.4 Å². The summed E-state index contributed by atoms with van der Waals surface area (Å²) in [5.74, 6) is 0.00988. The zero-order chi connectivity index (χ0) is 12.9. The van der Waals surface area contributed by atoms with E-state index in [1.165, 1.54) is 0 Å². The van der Waals surface area contributed by atoms with Crippen molar-refractivity contribution in [3.05, 3.63) is 12.4 Å². The number of rotatable bonds is 7. The highest BCUT2D eigenvalue weighted by Crippen LogP contribution is 2.23. The number of unbranched alkanes of at least 4 members (excludes halogenated alkanes) is 1. The molecule has 1 aromatic heterocycles. The van der Waals surface area contributed by atoms with Crippen molar-refractivity contribution in [1.82, 2.24) is 9.78 Å². The maximum Gasteiger partial charge on any atom is 0.309 e. The van der Waals surface area contributed by atoms with E-state index < -0.39 is 11.4 Å². The van der Waals surface area contributed by atoms with Crippen molar-refractivity contribution in [1.29, 1.82) is 0 Å². The van der Waals surface area contributed by atoms with Gasteiger partial charge < -0.3 is 9.84 Å². The van der Waals surface area contributed by atoms with E-state index in [-0.39, 0.29) is 0 Å². The van der Waals surface area contributed by atoms with Gasteiger partial charge in [-0.1, -0.05) is 0 Å². The van der Waals surface area contributed by atoms with E-state index in [9.17, 15) is 4.79 Å². The lowest BCUT2D eigenvalue weighted by atomic mass is 9.87. The van der Waals surface area contributed by atoms with Gasteiger partial charge in [0.1, 0.15) is 0 Å². The lowest BCUT2D eigenvalue weighted by Gasteiger charge is -2.18. The van der Waals surface area contributed by atoms with E-state index in [4.69, 9.17) is 9.84 Å². The minimum absolute atomic E-state index is 0.599. The van der Waals surface area contributed by atoms with E-state index in [0.717, 1.165) is 18.6 Å². The third-order valence-electron chi connectivity index (χ3n) is 2.72. The standard InChI is InChI=1S/C12H20N2O3/c1-12(2,11(15)16)6-4-5-7-17-10-8-13-14(3)9-10/h8-9H,4-7H2,1-3H3,(H,15,16). The molecule has 1 heterocycles. The van der Waals surface area contributed by atoms with Gasteiger partial charge in [0, 0.05) is 7.05 Å². The average molecular weight is 240 g/mol. The van der Waals surface area contributed by atoms with E-state index in [1.807, 2.05) is 7.05 Å². The molecule has 5 heteroatoms. The molecule has 0 unspecified atom stereocenters. The van der Waals surface area contributed by atoms with Crippen LogP contribution in [0.25, 0.3) is 0 Å². The fourth-order valence-electron chi connectivity index (χ4n) is 1.44. The van der Waals surface area contributed by atoms with Crippen molar-refractivity contribution in [2.24, 2.45) is 12.5 Å². The molecule has 0 amide bonds. The highest BCUT2D eigenvalue weighted by atomic mass is 16.5. The summed E-state index contributed by atoms with van der Waals surface area (Å²) in [5, 5.41) is 12.9. The molecule has 0 aliphatic rings. The van der Waals surface area contributed by atoms with Gasteiger partial charge in [0.25, 0.3) is 0 Å². The van der Waals surface area contributed by atoms with Crippen LogP contribution in [0.3, 0.4) is 0 Å². The van der Waals surface area contributed by atoms with E-state index in [1.54, 1.807) is 30.9 Å². The van der Waals surface area contributed by atoms with Gasteiger partial charge in [-0.05, 0) is 33.1 Å². The Hall–Kier alpha value is -1.52. The van der Waals surface area contributed by atoms with Crippen LogP contribution in [0.5, 0.6) is 5.75 Å². The average Bonchev–Trinajstić information content (AvgIpc) is 2.63. The highest BCUT2D eigenvalue weighted by Gasteiger charge is 2.25. The minimum atomic E-state index is -0.745. The first kappa shape index (κ1) is 13.5. The minimum Gasteiger partial charge on any atom is -0.490 e. The number of carbonyl (C=O) groups is 1. The van der Waals surface area contributed by atoms with Crippen LogP contribution >= 0.6 is 0 Å². The number of aromatic nitrogens is 2. The van der Waals surface area contributed by atoms with Crippen molar-refractivity contribution in [3.8, 4) is 5.75 Å². The predicted octanol–water partition coefficient (Wildman–Crippen LogP) is 2.08. The zero-order valence-corrected chi connectivity index (χ0v) is 10.6. The Morgan fingerprint density at radius 3 is 2.76 bits per heavy atom. The second kappa shape index (κ2) is 5.70. The molecule has 0 aromatic carbocycles. The number of nitrogens with zero attached hydrogens (tertiary/aromatic N) is 2. The van der Waals surface area contributed by atoms with Crippen LogP contribution in [0.2, 0.25) is 0 Å².